The lowest BCUT2D eigenvalue weighted by molar-refractivity contribution is -0.124. The smallest absolute Gasteiger partial charge is 0.225 e. The van der Waals surface area contributed by atoms with Crippen molar-refractivity contribution in [3.63, 3.8) is 0 Å². The molecule has 4 heterocycles. The molecule has 7 heteroatoms. The van der Waals surface area contributed by atoms with E-state index in [-0.39, 0.29) is 17.7 Å². The normalized spacial score (nSPS) is 22.9. The molecule has 2 atom stereocenters. The number of rotatable bonds is 5. The van der Waals surface area contributed by atoms with Crippen molar-refractivity contribution in [2.75, 3.05) is 38.1 Å². The summed E-state index contributed by atoms with van der Waals surface area (Å²) in [7, 11) is 1.71. The quantitative estimate of drug-likeness (QED) is 0.863. The maximum Gasteiger partial charge on any atom is 0.225 e. The molecule has 0 aromatic carbocycles. The van der Waals surface area contributed by atoms with Crippen LogP contribution in [0, 0.1) is 5.92 Å². The van der Waals surface area contributed by atoms with Gasteiger partial charge in [-0.05, 0) is 30.5 Å². The molecule has 142 valence electrons. The first kappa shape index (κ1) is 17.9. The van der Waals surface area contributed by atoms with Crippen molar-refractivity contribution in [1.29, 1.82) is 0 Å². The van der Waals surface area contributed by atoms with Crippen LogP contribution in [0.5, 0.6) is 0 Å². The Balaban J connectivity index is 1.55. The number of pyridine rings is 1. The van der Waals surface area contributed by atoms with Gasteiger partial charge in [0.25, 0.3) is 0 Å². The third-order valence-corrected chi connectivity index (χ3v) is 5.54. The number of nitrogens with one attached hydrogen (secondary N) is 1. The lowest BCUT2D eigenvalue weighted by atomic mass is 9.92. The van der Waals surface area contributed by atoms with Crippen LogP contribution in [-0.4, -0.2) is 59.0 Å². The minimum absolute atomic E-state index is 0.0750. The Hall–Kier alpha value is -2.54. The van der Waals surface area contributed by atoms with E-state index >= 15 is 0 Å². The van der Waals surface area contributed by atoms with Gasteiger partial charge in [0.2, 0.25) is 11.9 Å². The number of aromatic nitrogens is 3. The SMILES string of the molecule is CNC(=O)[C@@H]1CN(Cc2cccnc2)C[C@H]1c1ccnc(N2CCCC2)n1. The van der Waals surface area contributed by atoms with Gasteiger partial charge < -0.3 is 10.2 Å². The zero-order valence-electron chi connectivity index (χ0n) is 15.7. The highest BCUT2D eigenvalue weighted by molar-refractivity contribution is 5.80. The van der Waals surface area contributed by atoms with Crippen molar-refractivity contribution < 1.29 is 4.79 Å². The van der Waals surface area contributed by atoms with Crippen molar-refractivity contribution in [2.45, 2.75) is 25.3 Å². The summed E-state index contributed by atoms with van der Waals surface area (Å²) in [4.78, 5) is 30.6. The third kappa shape index (κ3) is 3.93. The lowest BCUT2D eigenvalue weighted by Gasteiger charge is -2.20. The molecule has 0 bridgehead atoms. The summed E-state index contributed by atoms with van der Waals surface area (Å²) in [5, 5.41) is 2.83. The molecule has 0 spiro atoms. The van der Waals surface area contributed by atoms with Gasteiger partial charge >= 0.3 is 0 Å². The maximum absolute atomic E-state index is 12.5. The highest BCUT2D eigenvalue weighted by atomic mass is 16.1. The van der Waals surface area contributed by atoms with E-state index in [1.165, 1.54) is 12.8 Å². The van der Waals surface area contributed by atoms with Gasteiger partial charge in [-0.25, -0.2) is 9.97 Å². The summed E-state index contributed by atoms with van der Waals surface area (Å²) in [6.07, 6.45) is 7.89. The Morgan fingerprint density at radius 3 is 2.81 bits per heavy atom. The van der Waals surface area contributed by atoms with Crippen LogP contribution in [0.25, 0.3) is 0 Å². The van der Waals surface area contributed by atoms with E-state index in [0.29, 0.717) is 0 Å². The Labute approximate surface area is 159 Å². The van der Waals surface area contributed by atoms with Gasteiger partial charge in [-0.3, -0.25) is 14.7 Å². The number of carbonyl (C=O) groups is 1. The van der Waals surface area contributed by atoms with Crippen LogP contribution in [0.1, 0.15) is 30.0 Å². The van der Waals surface area contributed by atoms with Gasteiger partial charge in [0.1, 0.15) is 0 Å². The number of hydrogen-bond donors (Lipinski definition) is 1. The van der Waals surface area contributed by atoms with E-state index in [0.717, 1.165) is 49.9 Å². The minimum atomic E-state index is -0.104. The number of likely N-dealkylation sites (tertiary alicyclic amines) is 1. The second-order valence-corrected chi connectivity index (χ2v) is 7.36. The molecule has 2 aromatic heterocycles. The molecule has 1 amide bonds. The molecule has 2 fully saturated rings. The van der Waals surface area contributed by atoms with Crippen molar-refractivity contribution in [3.05, 3.63) is 48.0 Å². The lowest BCUT2D eigenvalue weighted by Crippen LogP contribution is -2.32. The van der Waals surface area contributed by atoms with E-state index < -0.39 is 0 Å². The summed E-state index contributed by atoms with van der Waals surface area (Å²) in [6, 6.07) is 5.99. The van der Waals surface area contributed by atoms with E-state index in [9.17, 15) is 4.79 Å². The number of hydrogen-bond acceptors (Lipinski definition) is 6. The van der Waals surface area contributed by atoms with Crippen LogP contribution < -0.4 is 10.2 Å². The first-order chi connectivity index (χ1) is 13.2. The average Bonchev–Trinajstić information content (AvgIpc) is 3.39. The van der Waals surface area contributed by atoms with Crippen LogP contribution in [0.4, 0.5) is 5.95 Å². The second kappa shape index (κ2) is 8.00. The van der Waals surface area contributed by atoms with Gasteiger partial charge in [-0.2, -0.15) is 0 Å². The molecule has 27 heavy (non-hydrogen) atoms. The zero-order valence-corrected chi connectivity index (χ0v) is 15.7. The van der Waals surface area contributed by atoms with Gasteiger partial charge in [0.15, 0.2) is 0 Å². The van der Waals surface area contributed by atoms with Gasteiger partial charge in [-0.15, -0.1) is 0 Å². The molecule has 7 nitrogen and oxygen atoms in total. The van der Waals surface area contributed by atoms with E-state index in [4.69, 9.17) is 4.98 Å². The minimum Gasteiger partial charge on any atom is -0.359 e. The number of nitrogens with zero attached hydrogens (tertiary/aromatic N) is 5. The number of carbonyl (C=O) groups excluding carboxylic acids is 1. The molecule has 0 saturated carbocycles. The predicted molar refractivity (Wildman–Crippen MR) is 103 cm³/mol. The van der Waals surface area contributed by atoms with Gasteiger partial charge in [0.05, 0.1) is 11.6 Å². The molecule has 2 aromatic rings. The fourth-order valence-corrected chi connectivity index (χ4v) is 4.15. The first-order valence-corrected chi connectivity index (χ1v) is 9.65. The summed E-state index contributed by atoms with van der Waals surface area (Å²) >= 11 is 0. The summed E-state index contributed by atoms with van der Waals surface area (Å²) < 4.78 is 0. The van der Waals surface area contributed by atoms with Crippen LogP contribution >= 0.6 is 0 Å². The van der Waals surface area contributed by atoms with Crippen LogP contribution in [0.3, 0.4) is 0 Å². The first-order valence-electron chi connectivity index (χ1n) is 9.65. The molecule has 0 aliphatic carbocycles. The molecule has 2 aliphatic heterocycles. The predicted octanol–water partition coefficient (Wildman–Crippen LogP) is 1.43. The Bertz CT molecular complexity index is 777. The van der Waals surface area contributed by atoms with Crippen LogP contribution in [-0.2, 0) is 11.3 Å². The molecule has 2 aliphatic rings. The van der Waals surface area contributed by atoms with Gasteiger partial charge in [0, 0.05) is 64.3 Å². The van der Waals surface area contributed by atoms with Crippen molar-refractivity contribution in [2.24, 2.45) is 5.92 Å². The molecule has 1 N–H and O–H groups in total. The summed E-state index contributed by atoms with van der Waals surface area (Å²) in [5.41, 5.74) is 2.13. The highest BCUT2D eigenvalue weighted by Gasteiger charge is 2.39. The Morgan fingerprint density at radius 2 is 2.07 bits per heavy atom. The topological polar surface area (TPSA) is 74.2 Å². The van der Waals surface area contributed by atoms with Crippen LogP contribution in [0.15, 0.2) is 36.8 Å². The van der Waals surface area contributed by atoms with Crippen LogP contribution in [0.2, 0.25) is 0 Å². The summed E-state index contributed by atoms with van der Waals surface area (Å²) in [5.74, 6) is 0.848. The Morgan fingerprint density at radius 1 is 1.22 bits per heavy atom. The number of anilines is 1. The molecular weight excluding hydrogens is 340 g/mol. The largest absolute Gasteiger partial charge is 0.359 e. The van der Waals surface area contributed by atoms with E-state index in [1.54, 1.807) is 13.2 Å². The average molecular weight is 366 g/mol. The fraction of sp³-hybridized carbons (Fsp3) is 0.500. The summed E-state index contributed by atoms with van der Waals surface area (Å²) in [6.45, 7) is 4.36. The zero-order chi connectivity index (χ0) is 18.6. The molecule has 2 saturated heterocycles. The highest BCUT2D eigenvalue weighted by Crippen LogP contribution is 2.33. The Kier molecular flexibility index (Phi) is 5.29. The van der Waals surface area contributed by atoms with Crippen molar-refractivity contribution >= 4 is 11.9 Å². The third-order valence-electron chi connectivity index (χ3n) is 5.54. The second-order valence-electron chi connectivity index (χ2n) is 7.36. The fourth-order valence-electron chi connectivity index (χ4n) is 4.15. The molecular formula is C20H26N6O. The standard InChI is InChI=1S/C20H26N6O/c1-21-19(27)17-14-25(12-15-5-4-7-22-11-15)13-16(17)18-6-8-23-20(24-18)26-9-2-3-10-26/h4-8,11,16-17H,2-3,9-10,12-14H2,1H3,(H,21,27)/t16-,17-/m1/s1. The number of amides is 1. The monoisotopic (exact) mass is 366 g/mol. The molecule has 0 radical (unpaired) electrons. The van der Waals surface area contributed by atoms with E-state index in [1.807, 2.05) is 24.5 Å². The molecule has 4 rings (SSSR count). The van der Waals surface area contributed by atoms with Gasteiger partial charge in [-0.1, -0.05) is 6.07 Å². The van der Waals surface area contributed by atoms with E-state index in [2.05, 4.69) is 31.2 Å². The maximum atomic E-state index is 12.5. The molecule has 0 unspecified atom stereocenters. The van der Waals surface area contributed by atoms with Crippen molar-refractivity contribution in [1.82, 2.24) is 25.2 Å². The van der Waals surface area contributed by atoms with Crippen molar-refractivity contribution in [3.8, 4) is 0 Å².